The number of hydrogen-bond acceptors (Lipinski definition) is 1. The normalized spacial score (nSPS) is 22.3. The van der Waals surface area contributed by atoms with Crippen LogP contribution >= 0.6 is 31.9 Å². The van der Waals surface area contributed by atoms with Gasteiger partial charge in [-0.1, -0.05) is 12.1 Å². The lowest BCUT2D eigenvalue weighted by atomic mass is 10.1. The first-order valence-electron chi connectivity index (χ1n) is 5.46. The average Bonchev–Trinajstić information content (AvgIpc) is 2.25. The topological polar surface area (TPSA) is 3.24 Å². The molecule has 0 saturated carbocycles. The van der Waals surface area contributed by atoms with E-state index in [0.29, 0.717) is 6.54 Å². The zero-order chi connectivity index (χ0) is 11.5. The minimum atomic E-state index is -0.653. The standard InChI is InChI=1S/C12H14Br2FN/c13-11-5-1-3-9(12(11)14)7-16-6-2-4-10(15)8-16/h1,3,5,10H,2,4,6-8H2. The molecule has 1 aromatic carbocycles. The summed E-state index contributed by atoms with van der Waals surface area (Å²) in [6.07, 6.45) is 1.03. The van der Waals surface area contributed by atoms with Crippen molar-refractivity contribution in [2.45, 2.75) is 25.6 Å². The SMILES string of the molecule is FC1CCCN(Cc2cccc(Br)c2Br)C1. The van der Waals surface area contributed by atoms with Gasteiger partial charge in [0.2, 0.25) is 0 Å². The van der Waals surface area contributed by atoms with Crippen LogP contribution in [0, 0.1) is 0 Å². The van der Waals surface area contributed by atoms with Crippen LogP contribution in [0.15, 0.2) is 27.1 Å². The van der Waals surface area contributed by atoms with Crippen LogP contribution in [0.5, 0.6) is 0 Å². The molecule has 0 amide bonds. The van der Waals surface area contributed by atoms with Gasteiger partial charge in [0.25, 0.3) is 0 Å². The minimum Gasteiger partial charge on any atom is -0.296 e. The zero-order valence-corrected chi connectivity index (χ0v) is 12.1. The average molecular weight is 351 g/mol. The summed E-state index contributed by atoms with van der Waals surface area (Å²) in [5, 5.41) is 0. The largest absolute Gasteiger partial charge is 0.296 e. The van der Waals surface area contributed by atoms with E-state index in [9.17, 15) is 4.39 Å². The van der Waals surface area contributed by atoms with Crippen molar-refractivity contribution < 1.29 is 4.39 Å². The quantitative estimate of drug-likeness (QED) is 0.774. The third-order valence-electron chi connectivity index (χ3n) is 2.87. The van der Waals surface area contributed by atoms with Gasteiger partial charge in [-0.3, -0.25) is 4.90 Å². The third-order valence-corrected chi connectivity index (χ3v) is 5.00. The second-order valence-electron chi connectivity index (χ2n) is 4.19. The summed E-state index contributed by atoms with van der Waals surface area (Å²) in [5.41, 5.74) is 1.21. The molecule has 1 aliphatic heterocycles. The van der Waals surface area contributed by atoms with Gasteiger partial charge in [-0.25, -0.2) is 4.39 Å². The number of likely N-dealkylation sites (tertiary alicyclic amines) is 1. The van der Waals surface area contributed by atoms with E-state index in [2.05, 4.69) is 42.8 Å². The Morgan fingerprint density at radius 3 is 2.94 bits per heavy atom. The first kappa shape index (κ1) is 12.5. The second kappa shape index (κ2) is 5.61. The molecule has 1 atom stereocenters. The van der Waals surface area contributed by atoms with E-state index >= 15 is 0 Å². The Balaban J connectivity index is 2.05. The number of piperidine rings is 1. The Labute approximate surface area is 112 Å². The Morgan fingerprint density at radius 2 is 2.19 bits per heavy atom. The molecule has 0 spiro atoms. The van der Waals surface area contributed by atoms with Crippen LogP contribution in [0.3, 0.4) is 0 Å². The molecule has 0 N–H and O–H groups in total. The van der Waals surface area contributed by atoms with Crippen molar-refractivity contribution in [3.05, 3.63) is 32.7 Å². The molecule has 1 unspecified atom stereocenters. The summed E-state index contributed by atoms with van der Waals surface area (Å²) >= 11 is 7.04. The van der Waals surface area contributed by atoms with Crippen molar-refractivity contribution in [1.82, 2.24) is 4.90 Å². The van der Waals surface area contributed by atoms with Gasteiger partial charge in [0.05, 0.1) is 0 Å². The van der Waals surface area contributed by atoms with E-state index in [4.69, 9.17) is 0 Å². The summed E-state index contributed by atoms with van der Waals surface area (Å²) in [7, 11) is 0. The van der Waals surface area contributed by atoms with E-state index in [1.54, 1.807) is 0 Å². The lowest BCUT2D eigenvalue weighted by Gasteiger charge is -2.29. The minimum absolute atomic E-state index is 0.568. The fourth-order valence-electron chi connectivity index (χ4n) is 2.05. The van der Waals surface area contributed by atoms with E-state index in [1.807, 2.05) is 12.1 Å². The Hall–Kier alpha value is 0.0700. The molecule has 16 heavy (non-hydrogen) atoms. The summed E-state index contributed by atoms with van der Waals surface area (Å²) in [4.78, 5) is 2.18. The highest BCUT2D eigenvalue weighted by atomic mass is 79.9. The van der Waals surface area contributed by atoms with Crippen molar-refractivity contribution in [2.24, 2.45) is 0 Å². The number of nitrogens with zero attached hydrogens (tertiary/aromatic N) is 1. The molecule has 1 fully saturated rings. The number of hydrogen-bond donors (Lipinski definition) is 0. The van der Waals surface area contributed by atoms with Gasteiger partial charge in [-0.2, -0.15) is 0 Å². The van der Waals surface area contributed by atoms with Crippen LogP contribution in [0.2, 0.25) is 0 Å². The molecule has 1 aromatic rings. The maximum Gasteiger partial charge on any atom is 0.113 e. The maximum absolute atomic E-state index is 13.3. The molecule has 1 aliphatic rings. The first-order valence-corrected chi connectivity index (χ1v) is 7.04. The zero-order valence-electron chi connectivity index (χ0n) is 8.93. The van der Waals surface area contributed by atoms with Crippen molar-refractivity contribution in [2.75, 3.05) is 13.1 Å². The van der Waals surface area contributed by atoms with Crippen LogP contribution < -0.4 is 0 Å². The highest BCUT2D eigenvalue weighted by molar-refractivity contribution is 9.13. The van der Waals surface area contributed by atoms with Gasteiger partial charge < -0.3 is 0 Å². The van der Waals surface area contributed by atoms with Gasteiger partial charge >= 0.3 is 0 Å². The predicted molar refractivity (Wildman–Crippen MR) is 71.2 cm³/mol. The van der Waals surface area contributed by atoms with Crippen LogP contribution in [0.1, 0.15) is 18.4 Å². The van der Waals surface area contributed by atoms with E-state index < -0.39 is 6.17 Å². The van der Waals surface area contributed by atoms with Gasteiger partial charge in [0.15, 0.2) is 0 Å². The number of rotatable bonds is 2. The molecule has 0 aliphatic carbocycles. The summed E-state index contributed by atoms with van der Waals surface area (Å²) in [5.74, 6) is 0. The summed E-state index contributed by atoms with van der Waals surface area (Å²) in [6, 6.07) is 6.10. The molecule has 0 bridgehead atoms. The van der Waals surface area contributed by atoms with Gasteiger partial charge in [0, 0.05) is 22.0 Å². The fraction of sp³-hybridized carbons (Fsp3) is 0.500. The Kier molecular flexibility index (Phi) is 4.39. The highest BCUT2D eigenvalue weighted by Gasteiger charge is 2.19. The number of benzene rings is 1. The molecule has 0 radical (unpaired) electrons. The Bertz CT molecular complexity index is 370. The van der Waals surface area contributed by atoms with Gasteiger partial charge in [-0.15, -0.1) is 0 Å². The molecule has 1 saturated heterocycles. The second-order valence-corrected chi connectivity index (χ2v) is 5.83. The summed E-state index contributed by atoms with van der Waals surface area (Å²) < 4.78 is 15.4. The smallest absolute Gasteiger partial charge is 0.113 e. The maximum atomic E-state index is 13.3. The highest BCUT2D eigenvalue weighted by Crippen LogP contribution is 2.28. The summed E-state index contributed by atoms with van der Waals surface area (Å²) in [6.45, 7) is 2.39. The van der Waals surface area contributed by atoms with Crippen LogP contribution in [-0.4, -0.2) is 24.2 Å². The molecular weight excluding hydrogens is 337 g/mol. The number of halogens is 3. The monoisotopic (exact) mass is 349 g/mol. The van der Waals surface area contributed by atoms with E-state index in [0.717, 1.165) is 34.9 Å². The molecule has 2 rings (SSSR count). The van der Waals surface area contributed by atoms with Gasteiger partial charge in [-0.05, 0) is 62.9 Å². The molecule has 1 nitrogen and oxygen atoms in total. The molecule has 1 heterocycles. The van der Waals surface area contributed by atoms with Crippen LogP contribution in [0.4, 0.5) is 4.39 Å². The molecular formula is C12H14Br2FN. The van der Waals surface area contributed by atoms with Crippen LogP contribution in [-0.2, 0) is 6.54 Å². The lowest BCUT2D eigenvalue weighted by molar-refractivity contribution is 0.132. The molecule has 4 heteroatoms. The Morgan fingerprint density at radius 1 is 1.38 bits per heavy atom. The fourth-order valence-corrected chi connectivity index (χ4v) is 2.85. The van der Waals surface area contributed by atoms with Crippen LogP contribution in [0.25, 0.3) is 0 Å². The lowest BCUT2D eigenvalue weighted by Crippen LogP contribution is -2.35. The van der Waals surface area contributed by atoms with Gasteiger partial charge in [0.1, 0.15) is 6.17 Å². The van der Waals surface area contributed by atoms with Crippen molar-refractivity contribution >= 4 is 31.9 Å². The predicted octanol–water partition coefficient (Wildman–Crippen LogP) is 4.15. The first-order chi connectivity index (χ1) is 7.66. The number of alkyl halides is 1. The molecule has 88 valence electrons. The van der Waals surface area contributed by atoms with Crippen molar-refractivity contribution in [3.8, 4) is 0 Å². The third kappa shape index (κ3) is 3.05. The van der Waals surface area contributed by atoms with E-state index in [-0.39, 0.29) is 0 Å². The molecule has 0 aromatic heterocycles. The van der Waals surface area contributed by atoms with E-state index in [1.165, 1.54) is 5.56 Å². The van der Waals surface area contributed by atoms with Crippen molar-refractivity contribution in [1.29, 1.82) is 0 Å². The van der Waals surface area contributed by atoms with Crippen molar-refractivity contribution in [3.63, 3.8) is 0 Å².